The summed E-state index contributed by atoms with van der Waals surface area (Å²) < 4.78 is 5.59. The maximum absolute atomic E-state index is 11.3. The van der Waals surface area contributed by atoms with E-state index in [2.05, 4.69) is 5.32 Å². The van der Waals surface area contributed by atoms with E-state index in [1.54, 1.807) is 29.7 Å². The first kappa shape index (κ1) is 13.6. The maximum Gasteiger partial charge on any atom is 0.323 e. The highest BCUT2D eigenvalue weighted by atomic mass is 16.5. The van der Waals surface area contributed by atoms with Crippen molar-refractivity contribution in [3.05, 3.63) is 54.6 Å². The first-order chi connectivity index (χ1) is 9.69. The summed E-state index contributed by atoms with van der Waals surface area (Å²) in [5, 5.41) is 2.40. The lowest BCUT2D eigenvalue weighted by atomic mass is 10.3. The quantitative estimate of drug-likeness (QED) is 0.340. The molecular formula is C14H13N3O3. The van der Waals surface area contributed by atoms with Gasteiger partial charge in [-0.25, -0.2) is 5.84 Å². The van der Waals surface area contributed by atoms with Crippen LogP contribution in [-0.4, -0.2) is 11.8 Å². The van der Waals surface area contributed by atoms with Crippen molar-refractivity contribution in [1.82, 2.24) is 5.43 Å². The molecule has 2 amide bonds. The first-order valence-electron chi connectivity index (χ1n) is 5.84. The van der Waals surface area contributed by atoms with Gasteiger partial charge in [-0.15, -0.1) is 0 Å². The van der Waals surface area contributed by atoms with Gasteiger partial charge < -0.3 is 10.1 Å². The summed E-state index contributed by atoms with van der Waals surface area (Å²) in [7, 11) is 0. The molecular weight excluding hydrogens is 258 g/mol. The molecule has 6 heteroatoms. The summed E-state index contributed by atoms with van der Waals surface area (Å²) >= 11 is 0. The summed E-state index contributed by atoms with van der Waals surface area (Å²) in [5.41, 5.74) is 2.22. The molecule has 0 radical (unpaired) electrons. The van der Waals surface area contributed by atoms with Crippen LogP contribution in [0.1, 0.15) is 0 Å². The van der Waals surface area contributed by atoms with E-state index in [1.165, 1.54) is 0 Å². The number of amides is 2. The van der Waals surface area contributed by atoms with Crippen molar-refractivity contribution >= 4 is 17.5 Å². The van der Waals surface area contributed by atoms with E-state index in [1.807, 2.05) is 30.3 Å². The summed E-state index contributed by atoms with van der Waals surface area (Å²) in [6, 6.07) is 15.9. The molecule has 0 unspecified atom stereocenters. The Hall–Kier alpha value is -2.86. The van der Waals surface area contributed by atoms with Crippen LogP contribution in [0.2, 0.25) is 0 Å². The minimum Gasteiger partial charge on any atom is -0.457 e. The molecule has 0 spiro atoms. The number of para-hydroxylation sites is 1. The van der Waals surface area contributed by atoms with Gasteiger partial charge in [0.05, 0.1) is 0 Å². The minimum absolute atomic E-state index is 0.471. The molecule has 2 aromatic rings. The average Bonchev–Trinajstić information content (AvgIpc) is 2.49. The van der Waals surface area contributed by atoms with Crippen LogP contribution >= 0.6 is 0 Å². The fraction of sp³-hybridized carbons (Fsp3) is 0. The van der Waals surface area contributed by atoms with Crippen molar-refractivity contribution in [3.63, 3.8) is 0 Å². The Bertz CT molecular complexity index is 597. The number of benzene rings is 2. The maximum atomic E-state index is 11.3. The average molecular weight is 271 g/mol. The van der Waals surface area contributed by atoms with Crippen LogP contribution in [0.5, 0.6) is 11.5 Å². The summed E-state index contributed by atoms with van der Waals surface area (Å²) in [5.74, 6) is 4.46. The Morgan fingerprint density at radius 3 is 2.05 bits per heavy atom. The van der Waals surface area contributed by atoms with Gasteiger partial charge in [-0.3, -0.25) is 15.0 Å². The van der Waals surface area contributed by atoms with Gasteiger partial charge >= 0.3 is 11.8 Å². The van der Waals surface area contributed by atoms with Crippen LogP contribution in [0.3, 0.4) is 0 Å². The van der Waals surface area contributed by atoms with E-state index in [-0.39, 0.29) is 0 Å². The van der Waals surface area contributed by atoms with Gasteiger partial charge in [0.15, 0.2) is 0 Å². The molecule has 20 heavy (non-hydrogen) atoms. The highest BCUT2D eigenvalue weighted by molar-refractivity contribution is 6.39. The first-order valence-corrected chi connectivity index (χ1v) is 5.84. The highest BCUT2D eigenvalue weighted by Gasteiger charge is 2.11. The van der Waals surface area contributed by atoms with Gasteiger partial charge in [0.25, 0.3) is 0 Å². The van der Waals surface area contributed by atoms with Crippen LogP contribution in [0.4, 0.5) is 5.69 Å². The van der Waals surface area contributed by atoms with E-state index in [0.29, 0.717) is 17.2 Å². The third kappa shape index (κ3) is 3.56. The molecule has 0 aliphatic carbocycles. The standard InChI is InChI=1S/C14H13N3O3/c15-17-14(19)13(18)16-10-6-8-12(9-7-10)20-11-4-2-1-3-5-11/h1-9H,15H2,(H,16,18)(H,17,19). The second-order valence-corrected chi connectivity index (χ2v) is 3.87. The summed E-state index contributed by atoms with van der Waals surface area (Å²) in [6.45, 7) is 0. The highest BCUT2D eigenvalue weighted by Crippen LogP contribution is 2.22. The normalized spacial score (nSPS) is 9.65. The van der Waals surface area contributed by atoms with Crippen LogP contribution in [0.15, 0.2) is 54.6 Å². The minimum atomic E-state index is -0.908. The number of rotatable bonds is 3. The zero-order chi connectivity index (χ0) is 14.4. The zero-order valence-corrected chi connectivity index (χ0v) is 10.5. The molecule has 6 nitrogen and oxygen atoms in total. The second-order valence-electron chi connectivity index (χ2n) is 3.87. The summed E-state index contributed by atoms with van der Waals surface area (Å²) in [4.78, 5) is 22.2. The predicted molar refractivity (Wildman–Crippen MR) is 73.9 cm³/mol. The van der Waals surface area contributed by atoms with E-state index >= 15 is 0 Å². The fourth-order valence-electron chi connectivity index (χ4n) is 1.48. The third-order valence-corrected chi connectivity index (χ3v) is 2.43. The lowest BCUT2D eigenvalue weighted by Crippen LogP contribution is -2.39. The van der Waals surface area contributed by atoms with E-state index in [9.17, 15) is 9.59 Å². The lowest BCUT2D eigenvalue weighted by molar-refractivity contribution is -0.136. The van der Waals surface area contributed by atoms with Crippen molar-refractivity contribution < 1.29 is 14.3 Å². The Morgan fingerprint density at radius 2 is 1.45 bits per heavy atom. The number of carbonyl (C=O) groups is 2. The van der Waals surface area contributed by atoms with Crippen LogP contribution < -0.4 is 21.3 Å². The van der Waals surface area contributed by atoms with Gasteiger partial charge in [0.2, 0.25) is 0 Å². The molecule has 0 fully saturated rings. The fourth-order valence-corrected chi connectivity index (χ4v) is 1.48. The van der Waals surface area contributed by atoms with Crippen molar-refractivity contribution in [2.75, 3.05) is 5.32 Å². The van der Waals surface area contributed by atoms with Gasteiger partial charge in [-0.1, -0.05) is 18.2 Å². The SMILES string of the molecule is NNC(=O)C(=O)Nc1ccc(Oc2ccccc2)cc1. The molecule has 0 atom stereocenters. The van der Waals surface area contributed by atoms with Crippen LogP contribution in [0.25, 0.3) is 0 Å². The van der Waals surface area contributed by atoms with Gasteiger partial charge in [0.1, 0.15) is 11.5 Å². The number of hydrogen-bond donors (Lipinski definition) is 3. The Labute approximate surface area is 115 Å². The second kappa shape index (κ2) is 6.35. The van der Waals surface area contributed by atoms with Crippen LogP contribution in [-0.2, 0) is 9.59 Å². The van der Waals surface area contributed by atoms with Gasteiger partial charge in [-0.2, -0.15) is 0 Å². The molecule has 2 rings (SSSR count). The molecule has 0 heterocycles. The van der Waals surface area contributed by atoms with Crippen LogP contribution in [0, 0.1) is 0 Å². The molecule has 0 saturated heterocycles. The number of nitrogens with two attached hydrogens (primary N) is 1. The monoisotopic (exact) mass is 271 g/mol. The zero-order valence-electron chi connectivity index (χ0n) is 10.5. The Balaban J connectivity index is 2.00. The van der Waals surface area contributed by atoms with Crippen molar-refractivity contribution in [2.24, 2.45) is 5.84 Å². The van der Waals surface area contributed by atoms with E-state index in [0.717, 1.165) is 0 Å². The largest absolute Gasteiger partial charge is 0.457 e. The summed E-state index contributed by atoms with van der Waals surface area (Å²) in [6.07, 6.45) is 0. The number of anilines is 1. The molecule has 4 N–H and O–H groups in total. The third-order valence-electron chi connectivity index (χ3n) is 2.43. The molecule has 0 bridgehead atoms. The molecule has 0 aliphatic heterocycles. The van der Waals surface area contributed by atoms with Crippen molar-refractivity contribution in [2.45, 2.75) is 0 Å². The molecule has 0 aromatic heterocycles. The van der Waals surface area contributed by atoms with E-state index < -0.39 is 11.8 Å². The Morgan fingerprint density at radius 1 is 0.850 bits per heavy atom. The lowest BCUT2D eigenvalue weighted by Gasteiger charge is -2.07. The molecule has 0 aliphatic rings. The smallest absolute Gasteiger partial charge is 0.323 e. The van der Waals surface area contributed by atoms with Gasteiger partial charge in [0, 0.05) is 5.69 Å². The Kier molecular flexibility index (Phi) is 4.31. The van der Waals surface area contributed by atoms with Crippen molar-refractivity contribution in [3.8, 4) is 11.5 Å². The number of hydrogen-bond acceptors (Lipinski definition) is 4. The number of nitrogens with one attached hydrogen (secondary N) is 2. The molecule has 0 saturated carbocycles. The molecule has 2 aromatic carbocycles. The predicted octanol–water partition coefficient (Wildman–Crippen LogP) is 1.41. The van der Waals surface area contributed by atoms with Crippen molar-refractivity contribution in [1.29, 1.82) is 0 Å². The van der Waals surface area contributed by atoms with E-state index in [4.69, 9.17) is 10.6 Å². The number of ether oxygens (including phenoxy) is 1. The number of carbonyl (C=O) groups excluding carboxylic acids is 2. The molecule has 102 valence electrons. The van der Waals surface area contributed by atoms with Gasteiger partial charge in [-0.05, 0) is 36.4 Å². The number of hydrazine groups is 1. The topological polar surface area (TPSA) is 93.5 Å².